The highest BCUT2D eigenvalue weighted by molar-refractivity contribution is 5.43. The number of likely N-dealkylation sites (tertiary alicyclic amines) is 1. The number of aryl methyl sites for hydroxylation is 1. The highest BCUT2D eigenvalue weighted by Crippen LogP contribution is 2.67. The number of phenolic OH excluding ortho intramolecular Hbond substituents is 1. The van der Waals surface area contributed by atoms with Crippen molar-refractivity contribution in [1.29, 1.82) is 0 Å². The van der Waals surface area contributed by atoms with Gasteiger partial charge < -0.3 is 10.0 Å². The number of nitrogens with zero attached hydrogens (tertiary/aromatic N) is 1. The van der Waals surface area contributed by atoms with Crippen LogP contribution in [0.25, 0.3) is 0 Å². The van der Waals surface area contributed by atoms with Gasteiger partial charge in [-0.15, -0.1) is 0 Å². The van der Waals surface area contributed by atoms with Gasteiger partial charge in [0.15, 0.2) is 0 Å². The first-order valence-electron chi connectivity index (χ1n) is 9.47. The van der Waals surface area contributed by atoms with Crippen molar-refractivity contribution < 1.29 is 5.11 Å². The maximum Gasteiger partial charge on any atom is 0.119 e. The van der Waals surface area contributed by atoms with E-state index in [4.69, 9.17) is 0 Å². The standard InChI is InChI=1S/C23H29NO/c1-17-9-10-21(25)20(13-17)19(18-7-5-4-6-8-18)11-12-24-15-22(2)14-23(22,3)16-24/h4-10,13,19,25H,11-12,14-16H2,1-3H3. The molecule has 1 heterocycles. The Kier molecular flexibility index (Phi) is 3.92. The third-order valence-corrected chi connectivity index (χ3v) is 6.75. The molecule has 1 saturated heterocycles. The number of hydrogen-bond donors (Lipinski definition) is 1. The Labute approximate surface area is 151 Å². The van der Waals surface area contributed by atoms with E-state index in [1.165, 1.54) is 30.6 Å². The first kappa shape index (κ1) is 16.7. The van der Waals surface area contributed by atoms with E-state index in [9.17, 15) is 5.11 Å². The highest BCUT2D eigenvalue weighted by Gasteiger charge is 2.65. The van der Waals surface area contributed by atoms with E-state index in [2.05, 4.69) is 62.1 Å². The van der Waals surface area contributed by atoms with E-state index in [0.717, 1.165) is 18.5 Å². The number of aromatic hydroxyl groups is 1. The molecule has 1 aliphatic heterocycles. The largest absolute Gasteiger partial charge is 0.508 e. The minimum atomic E-state index is 0.249. The molecule has 2 aromatic carbocycles. The molecule has 2 heteroatoms. The maximum atomic E-state index is 10.5. The van der Waals surface area contributed by atoms with Crippen molar-refractivity contribution in [3.63, 3.8) is 0 Å². The number of hydrogen-bond acceptors (Lipinski definition) is 2. The third kappa shape index (κ3) is 2.97. The lowest BCUT2D eigenvalue weighted by molar-refractivity contribution is 0.269. The Morgan fingerprint density at radius 3 is 2.40 bits per heavy atom. The van der Waals surface area contributed by atoms with E-state index in [0.29, 0.717) is 16.6 Å². The lowest BCUT2D eigenvalue weighted by atomic mass is 9.87. The first-order chi connectivity index (χ1) is 11.9. The van der Waals surface area contributed by atoms with Gasteiger partial charge in [-0.3, -0.25) is 0 Å². The van der Waals surface area contributed by atoms with Gasteiger partial charge in [0.2, 0.25) is 0 Å². The normalized spacial score (nSPS) is 29.4. The average molecular weight is 335 g/mol. The summed E-state index contributed by atoms with van der Waals surface area (Å²) in [7, 11) is 0. The average Bonchev–Trinajstić information content (AvgIpc) is 3.00. The van der Waals surface area contributed by atoms with Crippen LogP contribution in [0.5, 0.6) is 5.75 Å². The quantitative estimate of drug-likeness (QED) is 0.835. The molecule has 3 atom stereocenters. The zero-order valence-electron chi connectivity index (χ0n) is 15.6. The molecular formula is C23H29NO. The van der Waals surface area contributed by atoms with E-state index >= 15 is 0 Å². The van der Waals surface area contributed by atoms with Crippen LogP contribution in [0, 0.1) is 17.8 Å². The summed E-state index contributed by atoms with van der Waals surface area (Å²) in [5.74, 6) is 0.668. The van der Waals surface area contributed by atoms with Crippen LogP contribution in [0.3, 0.4) is 0 Å². The van der Waals surface area contributed by atoms with Gasteiger partial charge in [0.25, 0.3) is 0 Å². The van der Waals surface area contributed by atoms with Crippen LogP contribution in [0.4, 0.5) is 0 Å². The van der Waals surface area contributed by atoms with Gasteiger partial charge in [0.05, 0.1) is 0 Å². The molecular weight excluding hydrogens is 306 g/mol. The van der Waals surface area contributed by atoms with Crippen LogP contribution in [0.15, 0.2) is 48.5 Å². The van der Waals surface area contributed by atoms with Crippen LogP contribution in [0.1, 0.15) is 49.3 Å². The van der Waals surface area contributed by atoms with Crippen molar-refractivity contribution in [2.75, 3.05) is 19.6 Å². The first-order valence-corrected chi connectivity index (χ1v) is 9.47. The zero-order chi connectivity index (χ0) is 17.7. The van der Waals surface area contributed by atoms with E-state index < -0.39 is 0 Å². The molecule has 2 fully saturated rings. The van der Waals surface area contributed by atoms with Crippen molar-refractivity contribution in [2.24, 2.45) is 10.8 Å². The molecule has 132 valence electrons. The molecule has 3 unspecified atom stereocenters. The third-order valence-electron chi connectivity index (χ3n) is 6.75. The summed E-state index contributed by atoms with van der Waals surface area (Å²) in [5, 5.41) is 10.5. The van der Waals surface area contributed by atoms with Crippen LogP contribution in [-0.4, -0.2) is 29.6 Å². The fourth-order valence-corrected chi connectivity index (χ4v) is 4.96. The maximum absolute atomic E-state index is 10.5. The minimum absolute atomic E-state index is 0.249. The van der Waals surface area contributed by atoms with Crippen molar-refractivity contribution >= 4 is 0 Å². The number of piperidine rings is 1. The summed E-state index contributed by atoms with van der Waals surface area (Å²) in [6.07, 6.45) is 2.43. The van der Waals surface area contributed by atoms with Crippen molar-refractivity contribution in [2.45, 2.75) is 39.5 Å². The van der Waals surface area contributed by atoms with Crippen molar-refractivity contribution in [1.82, 2.24) is 4.90 Å². The van der Waals surface area contributed by atoms with Crippen LogP contribution >= 0.6 is 0 Å². The van der Waals surface area contributed by atoms with Gasteiger partial charge in [0, 0.05) is 24.6 Å². The zero-order valence-corrected chi connectivity index (χ0v) is 15.6. The van der Waals surface area contributed by atoms with E-state index in [1.54, 1.807) is 0 Å². The smallest absolute Gasteiger partial charge is 0.119 e. The molecule has 2 nitrogen and oxygen atoms in total. The second-order valence-electron chi connectivity index (χ2n) is 8.82. The number of phenols is 1. The van der Waals surface area contributed by atoms with E-state index in [-0.39, 0.29) is 5.92 Å². The summed E-state index contributed by atoms with van der Waals surface area (Å²) < 4.78 is 0. The molecule has 2 aromatic rings. The van der Waals surface area contributed by atoms with Gasteiger partial charge in [-0.05, 0) is 48.8 Å². The summed E-state index contributed by atoms with van der Waals surface area (Å²) in [5.41, 5.74) is 4.65. The molecule has 2 aliphatic rings. The molecule has 0 bridgehead atoms. The molecule has 0 amide bonds. The monoisotopic (exact) mass is 335 g/mol. The lowest BCUT2D eigenvalue weighted by Gasteiger charge is -2.25. The molecule has 1 saturated carbocycles. The summed E-state index contributed by atoms with van der Waals surface area (Å²) >= 11 is 0. The SMILES string of the molecule is Cc1ccc(O)c(C(CCN2CC3(C)CC3(C)C2)c2ccccc2)c1. The van der Waals surface area contributed by atoms with Crippen LogP contribution < -0.4 is 0 Å². The number of fused-ring (bicyclic) bond motifs is 1. The Morgan fingerprint density at radius 2 is 1.72 bits per heavy atom. The Hall–Kier alpha value is -1.80. The van der Waals surface area contributed by atoms with E-state index in [1.807, 2.05) is 12.1 Å². The highest BCUT2D eigenvalue weighted by atomic mass is 16.3. The van der Waals surface area contributed by atoms with Gasteiger partial charge in [0.1, 0.15) is 5.75 Å². The Balaban J connectivity index is 1.55. The predicted molar refractivity (Wildman–Crippen MR) is 103 cm³/mol. The number of rotatable bonds is 5. The molecule has 0 radical (unpaired) electrons. The Bertz CT molecular complexity index is 755. The van der Waals surface area contributed by atoms with Crippen molar-refractivity contribution in [3.05, 3.63) is 65.2 Å². The van der Waals surface area contributed by atoms with Gasteiger partial charge in [-0.25, -0.2) is 0 Å². The molecule has 1 aliphatic carbocycles. The number of benzene rings is 2. The summed E-state index contributed by atoms with van der Waals surface area (Å²) in [6.45, 7) is 10.5. The summed E-state index contributed by atoms with van der Waals surface area (Å²) in [6, 6.07) is 16.6. The fraction of sp³-hybridized carbons (Fsp3) is 0.478. The Morgan fingerprint density at radius 1 is 1.04 bits per heavy atom. The van der Waals surface area contributed by atoms with Gasteiger partial charge >= 0.3 is 0 Å². The lowest BCUT2D eigenvalue weighted by Crippen LogP contribution is -2.27. The van der Waals surface area contributed by atoms with Crippen LogP contribution in [-0.2, 0) is 0 Å². The second kappa shape index (κ2) is 5.88. The molecule has 4 rings (SSSR count). The summed E-state index contributed by atoms with van der Waals surface area (Å²) in [4.78, 5) is 2.63. The second-order valence-corrected chi connectivity index (χ2v) is 8.82. The molecule has 0 spiro atoms. The fourth-order valence-electron chi connectivity index (χ4n) is 4.96. The van der Waals surface area contributed by atoms with Gasteiger partial charge in [-0.1, -0.05) is 61.9 Å². The molecule has 0 aromatic heterocycles. The predicted octanol–water partition coefficient (Wildman–Crippen LogP) is 4.95. The molecule has 1 N–H and O–H groups in total. The minimum Gasteiger partial charge on any atom is -0.508 e. The van der Waals surface area contributed by atoms with Gasteiger partial charge in [-0.2, -0.15) is 0 Å². The van der Waals surface area contributed by atoms with Crippen molar-refractivity contribution in [3.8, 4) is 5.75 Å². The molecule has 25 heavy (non-hydrogen) atoms. The topological polar surface area (TPSA) is 23.5 Å². The van der Waals surface area contributed by atoms with Crippen LogP contribution in [0.2, 0.25) is 0 Å².